The minimum absolute atomic E-state index is 0. The van der Waals surface area contributed by atoms with Crippen LogP contribution in [-0.4, -0.2) is 73.7 Å². The molecule has 0 bridgehead atoms. The Kier molecular flexibility index (Phi) is 8.94. The van der Waals surface area contributed by atoms with Crippen LogP contribution in [0.15, 0.2) is 0 Å². The quantitative estimate of drug-likeness (QED) is 0.800. The molecule has 2 aliphatic rings. The van der Waals surface area contributed by atoms with E-state index in [0.29, 0.717) is 19.2 Å². The highest BCUT2D eigenvalue weighted by Crippen LogP contribution is 2.09. The Morgan fingerprint density at radius 1 is 1.21 bits per heavy atom. The van der Waals surface area contributed by atoms with Gasteiger partial charge in [0, 0.05) is 45.3 Å². The molecule has 1 unspecified atom stereocenters. The highest BCUT2D eigenvalue weighted by molar-refractivity contribution is 5.85. The van der Waals surface area contributed by atoms with E-state index in [1.165, 1.54) is 0 Å². The van der Waals surface area contributed by atoms with Crippen LogP contribution in [0, 0.1) is 0 Å². The van der Waals surface area contributed by atoms with E-state index in [4.69, 9.17) is 4.74 Å². The number of hydrogen-bond donors (Lipinski definition) is 1. The van der Waals surface area contributed by atoms with Gasteiger partial charge in [-0.1, -0.05) is 0 Å². The zero-order chi connectivity index (χ0) is 12.3. The molecule has 0 radical (unpaired) electrons. The molecule has 2 saturated heterocycles. The molecule has 0 aromatic carbocycles. The summed E-state index contributed by atoms with van der Waals surface area (Å²) < 4.78 is 5.50. The second kappa shape index (κ2) is 8.97. The van der Waals surface area contributed by atoms with Crippen molar-refractivity contribution in [3.05, 3.63) is 0 Å². The number of nitrogens with one attached hydrogen (secondary N) is 1. The number of amides is 1. The molecule has 1 N–H and O–H groups in total. The van der Waals surface area contributed by atoms with Crippen molar-refractivity contribution >= 4 is 30.7 Å². The lowest BCUT2D eigenvalue weighted by Crippen LogP contribution is -2.56. The molecule has 7 heteroatoms. The van der Waals surface area contributed by atoms with Crippen LogP contribution >= 0.6 is 24.8 Å². The summed E-state index contributed by atoms with van der Waals surface area (Å²) in [6, 6.07) is 0.569. The van der Waals surface area contributed by atoms with E-state index in [9.17, 15) is 4.79 Å². The number of halogens is 2. The molecule has 0 aromatic rings. The molecule has 5 nitrogen and oxygen atoms in total. The number of nitrogens with zero attached hydrogens (tertiary/aromatic N) is 2. The van der Waals surface area contributed by atoms with E-state index in [2.05, 4.69) is 24.1 Å². The summed E-state index contributed by atoms with van der Waals surface area (Å²) in [5.41, 5.74) is 0. The molecule has 2 fully saturated rings. The van der Waals surface area contributed by atoms with Crippen molar-refractivity contribution in [2.75, 3.05) is 45.9 Å². The predicted molar refractivity (Wildman–Crippen MR) is 80.4 cm³/mol. The standard InChI is InChI=1S/C12H23N3O2.2ClH/c1-10(2)14-4-6-15(7-5-14)12(16)11-9-13-3-8-17-11;;/h10-11,13H,3-9H2,1-2H3;2*1H. The summed E-state index contributed by atoms with van der Waals surface area (Å²) in [7, 11) is 0. The molecule has 19 heavy (non-hydrogen) atoms. The zero-order valence-corrected chi connectivity index (χ0v) is 13.3. The maximum Gasteiger partial charge on any atom is 0.253 e. The van der Waals surface area contributed by atoms with Crippen LogP contribution in [0.5, 0.6) is 0 Å². The summed E-state index contributed by atoms with van der Waals surface area (Å²) >= 11 is 0. The molecule has 0 spiro atoms. The maximum absolute atomic E-state index is 12.2. The normalized spacial score (nSPS) is 24.6. The molecule has 0 aromatic heterocycles. The molecule has 2 aliphatic heterocycles. The van der Waals surface area contributed by atoms with Gasteiger partial charge < -0.3 is 15.0 Å². The van der Waals surface area contributed by atoms with Crippen molar-refractivity contribution < 1.29 is 9.53 Å². The minimum atomic E-state index is -0.269. The summed E-state index contributed by atoms with van der Waals surface area (Å²) in [6.45, 7) is 10.2. The zero-order valence-electron chi connectivity index (χ0n) is 11.6. The third kappa shape index (κ3) is 5.08. The molecule has 1 atom stereocenters. The van der Waals surface area contributed by atoms with Crippen molar-refractivity contribution in [3.63, 3.8) is 0 Å². The first-order valence-electron chi connectivity index (χ1n) is 6.53. The van der Waals surface area contributed by atoms with E-state index in [1.807, 2.05) is 4.90 Å². The Balaban J connectivity index is 0.00000162. The fourth-order valence-electron chi connectivity index (χ4n) is 2.39. The fourth-order valence-corrected chi connectivity index (χ4v) is 2.39. The molecule has 0 aliphatic carbocycles. The maximum atomic E-state index is 12.2. The summed E-state index contributed by atoms with van der Waals surface area (Å²) in [5, 5.41) is 3.20. The van der Waals surface area contributed by atoms with Crippen molar-refractivity contribution in [2.24, 2.45) is 0 Å². The number of carbonyl (C=O) groups excluding carboxylic acids is 1. The smallest absolute Gasteiger partial charge is 0.253 e. The second-order valence-electron chi connectivity index (χ2n) is 5.02. The molecule has 1 amide bonds. The molecule has 2 heterocycles. The highest BCUT2D eigenvalue weighted by atomic mass is 35.5. The van der Waals surface area contributed by atoms with Gasteiger partial charge in [-0.15, -0.1) is 24.8 Å². The number of piperazine rings is 1. The molecule has 114 valence electrons. The number of morpholine rings is 1. The highest BCUT2D eigenvalue weighted by Gasteiger charge is 2.29. The van der Waals surface area contributed by atoms with Gasteiger partial charge >= 0.3 is 0 Å². The van der Waals surface area contributed by atoms with Gasteiger partial charge in [-0.25, -0.2) is 0 Å². The monoisotopic (exact) mass is 313 g/mol. The van der Waals surface area contributed by atoms with Crippen LogP contribution in [0.1, 0.15) is 13.8 Å². The minimum Gasteiger partial charge on any atom is -0.366 e. The fraction of sp³-hybridized carbons (Fsp3) is 0.917. The van der Waals surface area contributed by atoms with Crippen molar-refractivity contribution in [3.8, 4) is 0 Å². The van der Waals surface area contributed by atoms with Gasteiger partial charge in [0.25, 0.3) is 5.91 Å². The second-order valence-corrected chi connectivity index (χ2v) is 5.02. The number of carbonyl (C=O) groups is 1. The van der Waals surface area contributed by atoms with Crippen molar-refractivity contribution in [2.45, 2.75) is 26.0 Å². The van der Waals surface area contributed by atoms with E-state index in [0.717, 1.165) is 32.7 Å². The first kappa shape index (κ1) is 18.9. The summed E-state index contributed by atoms with van der Waals surface area (Å²) in [6.07, 6.45) is -0.269. The molecule has 2 rings (SSSR count). The van der Waals surface area contributed by atoms with Crippen LogP contribution in [0.25, 0.3) is 0 Å². The average molecular weight is 314 g/mol. The lowest BCUT2D eigenvalue weighted by atomic mass is 10.2. The molecular weight excluding hydrogens is 289 g/mol. The van der Waals surface area contributed by atoms with E-state index < -0.39 is 0 Å². The SMILES string of the molecule is CC(C)N1CCN(C(=O)C2CNCCO2)CC1.Cl.Cl. The van der Waals surface area contributed by atoms with Crippen LogP contribution in [0.2, 0.25) is 0 Å². The van der Waals surface area contributed by atoms with Crippen LogP contribution in [-0.2, 0) is 9.53 Å². The van der Waals surface area contributed by atoms with Gasteiger partial charge in [-0.05, 0) is 13.8 Å². The van der Waals surface area contributed by atoms with E-state index >= 15 is 0 Å². The van der Waals surface area contributed by atoms with Crippen molar-refractivity contribution in [1.82, 2.24) is 15.1 Å². The lowest BCUT2D eigenvalue weighted by Gasteiger charge is -2.38. The first-order chi connectivity index (χ1) is 8.18. The molecular formula is C12H25Cl2N3O2. The largest absolute Gasteiger partial charge is 0.366 e. The van der Waals surface area contributed by atoms with Gasteiger partial charge in [0.2, 0.25) is 0 Å². The number of hydrogen-bond acceptors (Lipinski definition) is 4. The van der Waals surface area contributed by atoms with Crippen molar-refractivity contribution in [1.29, 1.82) is 0 Å². The average Bonchev–Trinajstić information content (AvgIpc) is 2.39. The summed E-state index contributed by atoms with van der Waals surface area (Å²) in [5.74, 6) is 0.153. The Bertz CT molecular complexity index is 266. The number of ether oxygens (including phenoxy) is 1. The lowest BCUT2D eigenvalue weighted by molar-refractivity contribution is -0.147. The van der Waals surface area contributed by atoms with Gasteiger partial charge in [0.05, 0.1) is 6.61 Å². The van der Waals surface area contributed by atoms with E-state index in [-0.39, 0.29) is 36.8 Å². The third-order valence-electron chi connectivity index (χ3n) is 3.56. The van der Waals surface area contributed by atoms with Gasteiger partial charge in [0.1, 0.15) is 6.10 Å². The number of rotatable bonds is 2. The Morgan fingerprint density at radius 3 is 2.32 bits per heavy atom. The molecule has 0 saturated carbocycles. The summed E-state index contributed by atoms with van der Waals surface area (Å²) in [4.78, 5) is 16.5. The van der Waals surface area contributed by atoms with E-state index in [1.54, 1.807) is 0 Å². The predicted octanol–water partition coefficient (Wildman–Crippen LogP) is 0.371. The van der Waals surface area contributed by atoms with Gasteiger partial charge in [0.15, 0.2) is 0 Å². The van der Waals surface area contributed by atoms with Crippen LogP contribution < -0.4 is 5.32 Å². The third-order valence-corrected chi connectivity index (χ3v) is 3.56. The van der Waals surface area contributed by atoms with Crippen LogP contribution in [0.4, 0.5) is 0 Å². The topological polar surface area (TPSA) is 44.8 Å². The Labute approximate surface area is 127 Å². The Morgan fingerprint density at radius 2 is 1.84 bits per heavy atom. The Hall–Kier alpha value is -0.0700. The first-order valence-corrected chi connectivity index (χ1v) is 6.53. The van der Waals surface area contributed by atoms with Gasteiger partial charge in [-0.3, -0.25) is 9.69 Å². The van der Waals surface area contributed by atoms with Crippen LogP contribution in [0.3, 0.4) is 0 Å². The van der Waals surface area contributed by atoms with Gasteiger partial charge in [-0.2, -0.15) is 0 Å².